The lowest BCUT2D eigenvalue weighted by Gasteiger charge is -2.28. The molecule has 1 heterocycles. The first-order chi connectivity index (χ1) is 18.5. The van der Waals surface area contributed by atoms with Crippen molar-refractivity contribution < 1.29 is 24.3 Å². The number of carbonyl (C=O) groups excluding carboxylic acids is 3. The van der Waals surface area contributed by atoms with Gasteiger partial charge in [-0.15, -0.1) is 0 Å². The fourth-order valence-corrected chi connectivity index (χ4v) is 5.00. The molecule has 4 rings (SSSR count). The van der Waals surface area contributed by atoms with Crippen LogP contribution < -0.4 is 15.5 Å². The largest absolute Gasteiger partial charge is 0.478 e. The highest BCUT2D eigenvalue weighted by Gasteiger charge is 2.35. The van der Waals surface area contributed by atoms with Crippen molar-refractivity contribution in [1.82, 2.24) is 10.3 Å². The number of carbonyl (C=O) groups is 4. The van der Waals surface area contributed by atoms with Gasteiger partial charge in [0.25, 0.3) is 0 Å². The van der Waals surface area contributed by atoms with Gasteiger partial charge in [0.1, 0.15) is 13.1 Å². The van der Waals surface area contributed by atoms with Crippen molar-refractivity contribution in [2.45, 2.75) is 58.4 Å². The number of benzene rings is 2. The summed E-state index contributed by atoms with van der Waals surface area (Å²) < 4.78 is 0. The minimum Gasteiger partial charge on any atom is -0.478 e. The maximum absolute atomic E-state index is 13.9. The Hall–Kier alpha value is -4.21. The number of fused-ring (bicyclic) bond motifs is 1. The van der Waals surface area contributed by atoms with Crippen LogP contribution in [0.2, 0.25) is 0 Å². The van der Waals surface area contributed by atoms with E-state index >= 15 is 0 Å². The van der Waals surface area contributed by atoms with Crippen LogP contribution in [0.4, 0.5) is 16.2 Å². The molecule has 10 nitrogen and oxygen atoms in total. The second-order valence-corrected chi connectivity index (χ2v) is 11.0. The molecule has 0 aromatic heterocycles. The van der Waals surface area contributed by atoms with Gasteiger partial charge >= 0.3 is 12.0 Å². The Bertz CT molecular complexity index is 1290. The quantitative estimate of drug-likeness (QED) is 0.483. The zero-order valence-corrected chi connectivity index (χ0v) is 22.6. The molecule has 1 saturated carbocycles. The molecule has 0 saturated heterocycles. The van der Waals surface area contributed by atoms with E-state index in [1.165, 1.54) is 23.1 Å². The lowest BCUT2D eigenvalue weighted by atomic mass is 9.83. The lowest BCUT2D eigenvalue weighted by Crippen LogP contribution is -2.50. The number of para-hydroxylation sites is 1. The standard InChI is InChI=1S/C29H35N5O5/c1-29(2,3)31-25(36)17-33-23-15-8-7-14-22(23)26(19-10-5-4-6-11-19)32-34(28(33)39)18-24(35)30-21-13-9-12-20(16-21)27(37)38/h7-9,12-16,19H,4-6,10-11,17-18H2,1-3H3,(H,30,35)(H,31,36)(H,37,38). The molecule has 0 atom stereocenters. The number of hydrogen-bond acceptors (Lipinski definition) is 5. The van der Waals surface area contributed by atoms with Crippen molar-refractivity contribution >= 4 is 40.9 Å². The number of hydrazone groups is 1. The Morgan fingerprint density at radius 2 is 1.69 bits per heavy atom. The van der Waals surface area contributed by atoms with Crippen LogP contribution in [0.15, 0.2) is 53.6 Å². The maximum atomic E-state index is 13.9. The molecule has 1 aliphatic heterocycles. The van der Waals surface area contributed by atoms with Crippen LogP contribution in [0.1, 0.15) is 68.8 Å². The summed E-state index contributed by atoms with van der Waals surface area (Å²) in [6.45, 7) is 4.95. The number of nitrogens with one attached hydrogen (secondary N) is 2. The molecule has 1 aliphatic carbocycles. The van der Waals surface area contributed by atoms with Crippen LogP contribution >= 0.6 is 0 Å². The van der Waals surface area contributed by atoms with Crippen molar-refractivity contribution in [2.24, 2.45) is 11.0 Å². The molecule has 0 spiro atoms. The number of hydrogen-bond donors (Lipinski definition) is 3. The summed E-state index contributed by atoms with van der Waals surface area (Å²) in [6.07, 6.45) is 5.10. The summed E-state index contributed by atoms with van der Waals surface area (Å²) in [7, 11) is 0. The molecular formula is C29H35N5O5. The molecule has 10 heteroatoms. The van der Waals surface area contributed by atoms with Crippen molar-refractivity contribution in [1.29, 1.82) is 0 Å². The summed E-state index contributed by atoms with van der Waals surface area (Å²) in [6, 6.07) is 12.7. The summed E-state index contributed by atoms with van der Waals surface area (Å²) in [5, 5.41) is 20.7. The predicted molar refractivity (Wildman–Crippen MR) is 149 cm³/mol. The van der Waals surface area contributed by atoms with E-state index in [1.54, 1.807) is 12.1 Å². The van der Waals surface area contributed by atoms with E-state index in [0.717, 1.165) is 48.4 Å². The highest BCUT2D eigenvalue weighted by Crippen LogP contribution is 2.34. The fraction of sp³-hybridized carbons (Fsp3) is 0.414. The van der Waals surface area contributed by atoms with E-state index in [0.29, 0.717) is 11.4 Å². The number of urea groups is 1. The number of carboxylic acid groups (broad SMARTS) is 1. The molecule has 39 heavy (non-hydrogen) atoms. The smallest absolute Gasteiger partial charge is 0.345 e. The van der Waals surface area contributed by atoms with Gasteiger partial charge in [-0.25, -0.2) is 14.6 Å². The predicted octanol–water partition coefficient (Wildman–Crippen LogP) is 4.46. The maximum Gasteiger partial charge on any atom is 0.345 e. The molecule has 2 aliphatic rings. The summed E-state index contributed by atoms with van der Waals surface area (Å²) in [5.74, 6) is -1.87. The molecule has 4 amide bonds. The minimum atomic E-state index is -1.11. The number of amides is 4. The van der Waals surface area contributed by atoms with Crippen LogP contribution in [0.5, 0.6) is 0 Å². The topological polar surface area (TPSA) is 131 Å². The molecule has 2 aromatic carbocycles. The Balaban J connectivity index is 1.67. The molecule has 3 N–H and O–H groups in total. The first kappa shape index (κ1) is 27.8. The van der Waals surface area contributed by atoms with E-state index in [9.17, 15) is 24.3 Å². The van der Waals surface area contributed by atoms with E-state index in [1.807, 2.05) is 39.0 Å². The van der Waals surface area contributed by atoms with Gasteiger partial charge in [0.05, 0.1) is 17.0 Å². The Labute approximate surface area is 228 Å². The zero-order valence-electron chi connectivity index (χ0n) is 22.6. The van der Waals surface area contributed by atoms with E-state index < -0.39 is 30.0 Å². The Morgan fingerprint density at radius 3 is 2.38 bits per heavy atom. The first-order valence-electron chi connectivity index (χ1n) is 13.2. The highest BCUT2D eigenvalue weighted by molar-refractivity contribution is 6.13. The third-order valence-electron chi connectivity index (χ3n) is 6.65. The average molecular weight is 534 g/mol. The molecule has 0 radical (unpaired) electrons. The lowest BCUT2D eigenvalue weighted by molar-refractivity contribution is -0.121. The normalized spacial score (nSPS) is 16.2. The van der Waals surface area contributed by atoms with Crippen LogP contribution in [0, 0.1) is 5.92 Å². The number of nitrogens with zero attached hydrogens (tertiary/aromatic N) is 3. The van der Waals surface area contributed by atoms with Crippen molar-refractivity contribution in [3.63, 3.8) is 0 Å². The molecule has 0 bridgehead atoms. The third kappa shape index (κ3) is 7.01. The molecular weight excluding hydrogens is 498 g/mol. The average Bonchev–Trinajstić information content (AvgIpc) is 2.99. The van der Waals surface area contributed by atoms with Gasteiger partial charge in [0.2, 0.25) is 11.8 Å². The number of rotatable bonds is 7. The van der Waals surface area contributed by atoms with Crippen molar-refractivity contribution in [2.75, 3.05) is 23.3 Å². The Kier molecular flexibility index (Phi) is 8.32. The summed E-state index contributed by atoms with van der Waals surface area (Å²) >= 11 is 0. The second kappa shape index (κ2) is 11.7. The number of carboxylic acids is 1. The van der Waals surface area contributed by atoms with Crippen LogP contribution in [0.25, 0.3) is 0 Å². The molecule has 2 aromatic rings. The van der Waals surface area contributed by atoms with Gasteiger partial charge in [0, 0.05) is 22.7 Å². The molecule has 206 valence electrons. The Morgan fingerprint density at radius 1 is 0.974 bits per heavy atom. The van der Waals surface area contributed by atoms with Gasteiger partial charge in [-0.1, -0.05) is 43.5 Å². The van der Waals surface area contributed by atoms with Crippen LogP contribution in [-0.4, -0.2) is 58.3 Å². The fourth-order valence-electron chi connectivity index (χ4n) is 5.00. The van der Waals surface area contributed by atoms with E-state index in [4.69, 9.17) is 5.10 Å². The van der Waals surface area contributed by atoms with E-state index in [2.05, 4.69) is 10.6 Å². The minimum absolute atomic E-state index is 0.0303. The SMILES string of the molecule is CC(C)(C)NC(=O)CN1C(=O)N(CC(=O)Nc2cccc(C(=O)O)c2)N=C(C2CCCCC2)c2ccccc21. The molecule has 1 fully saturated rings. The van der Waals surface area contributed by atoms with Crippen LogP contribution in [-0.2, 0) is 9.59 Å². The van der Waals surface area contributed by atoms with Crippen LogP contribution in [0.3, 0.4) is 0 Å². The first-order valence-corrected chi connectivity index (χ1v) is 13.2. The molecule has 0 unspecified atom stereocenters. The van der Waals surface area contributed by atoms with Gasteiger partial charge in [0.15, 0.2) is 0 Å². The number of anilines is 2. The van der Waals surface area contributed by atoms with Gasteiger partial charge < -0.3 is 15.7 Å². The van der Waals surface area contributed by atoms with Gasteiger partial charge in [-0.05, 0) is 57.9 Å². The zero-order chi connectivity index (χ0) is 28.2. The van der Waals surface area contributed by atoms with Gasteiger partial charge in [-0.3, -0.25) is 14.5 Å². The van der Waals surface area contributed by atoms with Crippen molar-refractivity contribution in [3.8, 4) is 0 Å². The summed E-state index contributed by atoms with van der Waals surface area (Å²) in [5.41, 5.74) is 1.93. The van der Waals surface area contributed by atoms with Crippen molar-refractivity contribution in [3.05, 3.63) is 59.7 Å². The monoisotopic (exact) mass is 533 g/mol. The second-order valence-electron chi connectivity index (χ2n) is 11.0. The highest BCUT2D eigenvalue weighted by atomic mass is 16.4. The summed E-state index contributed by atoms with van der Waals surface area (Å²) in [4.78, 5) is 52.6. The number of aromatic carboxylic acids is 1. The van der Waals surface area contributed by atoms with E-state index in [-0.39, 0.29) is 23.9 Å². The van der Waals surface area contributed by atoms with Gasteiger partial charge in [-0.2, -0.15) is 5.10 Å². The third-order valence-corrected chi connectivity index (χ3v) is 6.65.